The lowest BCUT2D eigenvalue weighted by Gasteiger charge is -2.26. The van der Waals surface area contributed by atoms with E-state index in [4.69, 9.17) is 4.74 Å². The van der Waals surface area contributed by atoms with Crippen LogP contribution in [-0.4, -0.2) is 17.1 Å². The van der Waals surface area contributed by atoms with Gasteiger partial charge in [-0.05, 0) is 37.7 Å². The summed E-state index contributed by atoms with van der Waals surface area (Å²) in [4.78, 5) is 14.6. The molecule has 1 amide bonds. The monoisotopic (exact) mass is 308 g/mol. The van der Waals surface area contributed by atoms with Gasteiger partial charge in [0, 0.05) is 23.6 Å². The van der Waals surface area contributed by atoms with Crippen molar-refractivity contribution in [2.45, 2.75) is 38.6 Å². The molecule has 1 aliphatic rings. The summed E-state index contributed by atoms with van der Waals surface area (Å²) in [5, 5.41) is 3.00. The van der Waals surface area contributed by atoms with Crippen molar-refractivity contribution in [3.63, 3.8) is 0 Å². The Hall–Kier alpha value is -2.11. The lowest BCUT2D eigenvalue weighted by Crippen LogP contribution is -2.39. The number of benzene rings is 1. The van der Waals surface area contributed by atoms with E-state index < -0.39 is 17.7 Å². The van der Waals surface area contributed by atoms with E-state index in [1.54, 1.807) is 0 Å². The zero-order valence-corrected chi connectivity index (χ0v) is 12.3. The van der Waals surface area contributed by atoms with E-state index in [1.165, 1.54) is 6.07 Å². The molecule has 2 aromatic rings. The number of H-pyrrole nitrogens is 1. The first-order valence-electron chi connectivity index (χ1n) is 7.47. The first-order chi connectivity index (χ1) is 10.5. The summed E-state index contributed by atoms with van der Waals surface area (Å²) in [6.07, 6.45) is 3.46. The van der Waals surface area contributed by atoms with Crippen LogP contribution in [0, 0.1) is 17.6 Å². The second-order valence-corrected chi connectivity index (χ2v) is 5.97. The predicted octanol–water partition coefficient (Wildman–Crippen LogP) is 4.11. The van der Waals surface area contributed by atoms with Crippen molar-refractivity contribution in [1.29, 1.82) is 0 Å². The SMILES string of the molecule is CC1CCC(NC(=O)Oc2cc3c(F)cc(F)cc3[nH]2)CC1. The van der Waals surface area contributed by atoms with Gasteiger partial charge in [-0.2, -0.15) is 0 Å². The van der Waals surface area contributed by atoms with Crippen LogP contribution in [0.25, 0.3) is 10.9 Å². The van der Waals surface area contributed by atoms with E-state index in [9.17, 15) is 13.6 Å². The van der Waals surface area contributed by atoms with E-state index in [0.29, 0.717) is 5.92 Å². The summed E-state index contributed by atoms with van der Waals surface area (Å²) in [6.45, 7) is 2.20. The fourth-order valence-corrected chi connectivity index (χ4v) is 2.89. The normalized spacial score (nSPS) is 21.8. The molecule has 0 spiro atoms. The number of hydrogen-bond acceptors (Lipinski definition) is 2. The van der Waals surface area contributed by atoms with Crippen LogP contribution in [0.3, 0.4) is 0 Å². The third-order valence-electron chi connectivity index (χ3n) is 4.17. The minimum Gasteiger partial charge on any atom is -0.393 e. The van der Waals surface area contributed by atoms with Gasteiger partial charge in [-0.25, -0.2) is 13.6 Å². The average molecular weight is 308 g/mol. The van der Waals surface area contributed by atoms with Crippen molar-refractivity contribution in [2.75, 3.05) is 0 Å². The van der Waals surface area contributed by atoms with E-state index in [1.807, 2.05) is 0 Å². The first kappa shape index (κ1) is 14.8. The second-order valence-electron chi connectivity index (χ2n) is 5.97. The van der Waals surface area contributed by atoms with Gasteiger partial charge in [0.25, 0.3) is 0 Å². The fraction of sp³-hybridized carbons (Fsp3) is 0.438. The molecule has 1 aliphatic carbocycles. The quantitative estimate of drug-likeness (QED) is 0.877. The molecule has 1 fully saturated rings. The summed E-state index contributed by atoms with van der Waals surface area (Å²) >= 11 is 0. The Bertz CT molecular complexity index is 691. The molecule has 0 saturated heterocycles. The van der Waals surface area contributed by atoms with Crippen LogP contribution in [0.15, 0.2) is 18.2 Å². The lowest BCUT2D eigenvalue weighted by atomic mass is 9.87. The minimum atomic E-state index is -0.692. The molecule has 118 valence electrons. The van der Waals surface area contributed by atoms with E-state index >= 15 is 0 Å². The Morgan fingerprint density at radius 1 is 1.23 bits per heavy atom. The van der Waals surface area contributed by atoms with Gasteiger partial charge < -0.3 is 15.0 Å². The van der Waals surface area contributed by atoms with Crippen molar-refractivity contribution in [2.24, 2.45) is 5.92 Å². The van der Waals surface area contributed by atoms with Crippen LogP contribution in [0.4, 0.5) is 13.6 Å². The fourth-order valence-electron chi connectivity index (χ4n) is 2.89. The van der Waals surface area contributed by atoms with Crippen molar-refractivity contribution in [3.8, 4) is 5.88 Å². The average Bonchev–Trinajstić information content (AvgIpc) is 2.84. The molecule has 0 unspecified atom stereocenters. The molecule has 6 heteroatoms. The molecule has 22 heavy (non-hydrogen) atoms. The van der Waals surface area contributed by atoms with E-state index in [0.717, 1.165) is 37.8 Å². The first-order valence-corrected chi connectivity index (χ1v) is 7.47. The Kier molecular flexibility index (Phi) is 4.00. The van der Waals surface area contributed by atoms with Gasteiger partial charge in [-0.3, -0.25) is 0 Å². The molecule has 1 saturated carbocycles. The molecule has 1 aromatic carbocycles. The van der Waals surface area contributed by atoms with E-state index in [-0.39, 0.29) is 22.8 Å². The zero-order chi connectivity index (χ0) is 15.7. The molecule has 1 heterocycles. The standard InChI is InChI=1S/C16H18F2N2O2/c1-9-2-4-11(5-3-9)19-16(21)22-15-8-12-13(18)6-10(17)7-14(12)20-15/h6-9,11,20H,2-5H2,1H3,(H,19,21). The van der Waals surface area contributed by atoms with Crippen LogP contribution in [0.2, 0.25) is 0 Å². The summed E-state index contributed by atoms with van der Waals surface area (Å²) in [5.74, 6) is -0.580. The molecule has 0 radical (unpaired) electrons. The molecular formula is C16H18F2N2O2. The van der Waals surface area contributed by atoms with Gasteiger partial charge in [-0.1, -0.05) is 6.92 Å². The lowest BCUT2D eigenvalue weighted by molar-refractivity contribution is 0.187. The summed E-state index contributed by atoms with van der Waals surface area (Å²) in [5.41, 5.74) is 0.256. The van der Waals surface area contributed by atoms with Crippen LogP contribution in [-0.2, 0) is 0 Å². The van der Waals surface area contributed by atoms with Gasteiger partial charge in [0.1, 0.15) is 11.6 Å². The summed E-state index contributed by atoms with van der Waals surface area (Å²) in [7, 11) is 0. The number of carbonyl (C=O) groups is 1. The number of nitrogens with one attached hydrogen (secondary N) is 2. The molecule has 1 aromatic heterocycles. The highest BCUT2D eigenvalue weighted by Crippen LogP contribution is 2.25. The Morgan fingerprint density at radius 3 is 2.68 bits per heavy atom. The number of hydrogen-bond donors (Lipinski definition) is 2. The third-order valence-corrected chi connectivity index (χ3v) is 4.17. The molecule has 2 N–H and O–H groups in total. The molecule has 0 atom stereocenters. The van der Waals surface area contributed by atoms with Crippen LogP contribution >= 0.6 is 0 Å². The van der Waals surface area contributed by atoms with Gasteiger partial charge in [0.2, 0.25) is 5.88 Å². The Balaban J connectivity index is 1.65. The number of amides is 1. The zero-order valence-electron chi connectivity index (χ0n) is 12.3. The number of ether oxygens (including phenoxy) is 1. The number of fused-ring (bicyclic) bond motifs is 1. The number of aromatic nitrogens is 1. The van der Waals surface area contributed by atoms with Gasteiger partial charge in [0.15, 0.2) is 0 Å². The highest BCUT2D eigenvalue weighted by molar-refractivity contribution is 5.83. The number of aromatic amines is 1. The number of carbonyl (C=O) groups excluding carboxylic acids is 1. The second kappa shape index (κ2) is 5.94. The largest absolute Gasteiger partial charge is 0.414 e. The van der Waals surface area contributed by atoms with Crippen molar-refractivity contribution < 1.29 is 18.3 Å². The molecule has 0 bridgehead atoms. The predicted molar refractivity (Wildman–Crippen MR) is 78.8 cm³/mol. The maximum absolute atomic E-state index is 13.6. The highest BCUT2D eigenvalue weighted by atomic mass is 19.1. The number of halogens is 2. The third kappa shape index (κ3) is 3.21. The smallest absolute Gasteiger partial charge is 0.393 e. The maximum Gasteiger partial charge on any atom is 0.414 e. The van der Waals surface area contributed by atoms with Gasteiger partial charge >= 0.3 is 6.09 Å². The highest BCUT2D eigenvalue weighted by Gasteiger charge is 2.21. The molecule has 3 rings (SSSR count). The van der Waals surface area contributed by atoms with Crippen LogP contribution < -0.4 is 10.1 Å². The maximum atomic E-state index is 13.6. The van der Waals surface area contributed by atoms with Gasteiger partial charge in [-0.15, -0.1) is 0 Å². The van der Waals surface area contributed by atoms with Crippen LogP contribution in [0.1, 0.15) is 32.6 Å². The van der Waals surface area contributed by atoms with Gasteiger partial charge in [0.05, 0.1) is 5.52 Å². The van der Waals surface area contributed by atoms with Crippen LogP contribution in [0.5, 0.6) is 5.88 Å². The van der Waals surface area contributed by atoms with Crippen molar-refractivity contribution >= 4 is 17.0 Å². The molecule has 4 nitrogen and oxygen atoms in total. The topological polar surface area (TPSA) is 54.1 Å². The Labute approximate surface area is 126 Å². The summed E-state index contributed by atoms with van der Waals surface area (Å²) < 4.78 is 31.8. The molecule has 0 aliphatic heterocycles. The number of rotatable bonds is 2. The van der Waals surface area contributed by atoms with E-state index in [2.05, 4.69) is 17.2 Å². The molecular weight excluding hydrogens is 290 g/mol. The summed E-state index contributed by atoms with van der Waals surface area (Å²) in [6, 6.07) is 3.42. The Morgan fingerprint density at radius 2 is 1.95 bits per heavy atom. The minimum absolute atomic E-state index is 0.0983. The van der Waals surface area contributed by atoms with Crippen molar-refractivity contribution in [1.82, 2.24) is 10.3 Å². The van der Waals surface area contributed by atoms with Crippen molar-refractivity contribution in [3.05, 3.63) is 29.8 Å².